The van der Waals surface area contributed by atoms with E-state index in [-0.39, 0.29) is 5.28 Å². The monoisotopic (exact) mass is 423 g/mol. The van der Waals surface area contributed by atoms with Crippen LogP contribution < -0.4 is 0 Å². The molecule has 0 radical (unpaired) electrons. The minimum absolute atomic E-state index is 0.194. The lowest BCUT2D eigenvalue weighted by molar-refractivity contribution is 1.07. The van der Waals surface area contributed by atoms with E-state index in [9.17, 15) is 0 Å². The fourth-order valence-corrected chi connectivity index (χ4v) is 5.18. The maximum Gasteiger partial charge on any atom is 0.226 e. The highest BCUT2D eigenvalue weighted by molar-refractivity contribution is 7.25. The van der Waals surface area contributed by atoms with Crippen LogP contribution in [0.5, 0.6) is 0 Å². The summed E-state index contributed by atoms with van der Waals surface area (Å²) in [6, 6.07) is 29.1. The summed E-state index contributed by atoms with van der Waals surface area (Å²) < 4.78 is 2.45. The number of benzene rings is 4. The third kappa shape index (κ3) is 2.84. The highest BCUT2D eigenvalue weighted by Gasteiger charge is 2.15. The molecular weight excluding hydrogens is 410 g/mol. The standard InChI is InChI=1S/C25H14ClN3S/c26-25-28-23(17-13-12-15-6-1-2-7-16(15)14-17)27-24(29-25)19-9-5-11-21-22(19)18-8-3-4-10-20(18)30-21/h1-14H. The molecule has 0 N–H and O–H groups in total. The summed E-state index contributed by atoms with van der Waals surface area (Å²) in [6.45, 7) is 0. The summed E-state index contributed by atoms with van der Waals surface area (Å²) >= 11 is 8.12. The molecule has 4 aromatic carbocycles. The van der Waals surface area contributed by atoms with E-state index in [2.05, 4.69) is 70.6 Å². The van der Waals surface area contributed by atoms with E-state index in [1.807, 2.05) is 24.3 Å². The summed E-state index contributed by atoms with van der Waals surface area (Å²) in [7, 11) is 0. The van der Waals surface area contributed by atoms with Gasteiger partial charge in [-0.25, -0.2) is 4.98 Å². The van der Waals surface area contributed by atoms with Gasteiger partial charge in [-0.05, 0) is 40.6 Å². The van der Waals surface area contributed by atoms with Crippen LogP contribution in [0, 0.1) is 0 Å². The van der Waals surface area contributed by atoms with Crippen molar-refractivity contribution in [3.63, 3.8) is 0 Å². The Morgan fingerprint density at radius 2 is 1.40 bits per heavy atom. The van der Waals surface area contributed by atoms with Crippen molar-refractivity contribution in [3.05, 3.63) is 90.2 Å². The van der Waals surface area contributed by atoms with Crippen molar-refractivity contribution in [3.8, 4) is 22.8 Å². The first-order chi connectivity index (χ1) is 14.8. The van der Waals surface area contributed by atoms with Gasteiger partial charge in [0.25, 0.3) is 0 Å². The van der Waals surface area contributed by atoms with Crippen molar-refractivity contribution in [2.75, 3.05) is 0 Å². The molecule has 0 fully saturated rings. The molecular formula is C25H14ClN3S. The van der Waals surface area contributed by atoms with Gasteiger partial charge in [-0.3, -0.25) is 0 Å². The number of nitrogens with zero attached hydrogens (tertiary/aromatic N) is 3. The molecule has 6 aromatic rings. The summed E-state index contributed by atoms with van der Waals surface area (Å²) in [5, 5.41) is 4.87. The van der Waals surface area contributed by atoms with Crippen LogP contribution in [0.4, 0.5) is 0 Å². The Morgan fingerprint density at radius 3 is 2.33 bits per heavy atom. The van der Waals surface area contributed by atoms with Crippen LogP contribution >= 0.6 is 22.9 Å². The Labute approximate surface area is 181 Å². The summed E-state index contributed by atoms with van der Waals surface area (Å²) in [6.07, 6.45) is 0. The zero-order valence-electron chi connectivity index (χ0n) is 15.7. The molecule has 5 heteroatoms. The molecule has 0 aliphatic heterocycles. The second-order valence-corrected chi connectivity index (χ2v) is 8.51. The van der Waals surface area contributed by atoms with E-state index >= 15 is 0 Å². The zero-order chi connectivity index (χ0) is 20.1. The van der Waals surface area contributed by atoms with Crippen molar-refractivity contribution in [2.45, 2.75) is 0 Å². The van der Waals surface area contributed by atoms with E-state index in [0.29, 0.717) is 11.6 Å². The molecule has 6 rings (SSSR count). The number of aromatic nitrogens is 3. The van der Waals surface area contributed by atoms with Crippen LogP contribution in [0.1, 0.15) is 0 Å². The molecule has 30 heavy (non-hydrogen) atoms. The van der Waals surface area contributed by atoms with Crippen LogP contribution in [0.15, 0.2) is 84.9 Å². The van der Waals surface area contributed by atoms with E-state index in [0.717, 1.165) is 21.9 Å². The molecule has 0 spiro atoms. The van der Waals surface area contributed by atoms with Gasteiger partial charge in [0.1, 0.15) is 0 Å². The van der Waals surface area contributed by atoms with Crippen molar-refractivity contribution in [2.24, 2.45) is 0 Å². The lowest BCUT2D eigenvalue weighted by atomic mass is 10.1. The molecule has 0 aliphatic carbocycles. The quantitative estimate of drug-likeness (QED) is 0.291. The van der Waals surface area contributed by atoms with Gasteiger partial charge in [-0.2, -0.15) is 9.97 Å². The molecule has 0 aliphatic rings. The number of thiophene rings is 1. The van der Waals surface area contributed by atoms with Gasteiger partial charge < -0.3 is 0 Å². The number of hydrogen-bond donors (Lipinski definition) is 0. The third-order valence-corrected chi connectivity index (χ3v) is 6.56. The second kappa shape index (κ2) is 6.87. The van der Waals surface area contributed by atoms with Crippen LogP contribution in [0.25, 0.3) is 53.7 Å². The van der Waals surface area contributed by atoms with Gasteiger partial charge in [0.2, 0.25) is 5.28 Å². The number of halogens is 1. The Bertz CT molecular complexity index is 1570. The predicted molar refractivity (Wildman–Crippen MR) is 126 cm³/mol. The minimum atomic E-state index is 0.194. The van der Waals surface area contributed by atoms with Crippen LogP contribution in [-0.4, -0.2) is 15.0 Å². The lowest BCUT2D eigenvalue weighted by Crippen LogP contribution is -1.97. The van der Waals surface area contributed by atoms with E-state index in [4.69, 9.17) is 16.6 Å². The molecule has 142 valence electrons. The van der Waals surface area contributed by atoms with Crippen LogP contribution in [0.3, 0.4) is 0 Å². The van der Waals surface area contributed by atoms with E-state index in [1.165, 1.54) is 20.2 Å². The largest absolute Gasteiger partial charge is 0.226 e. The van der Waals surface area contributed by atoms with Gasteiger partial charge >= 0.3 is 0 Å². The Morgan fingerprint density at radius 1 is 0.633 bits per heavy atom. The minimum Gasteiger partial charge on any atom is -0.208 e. The fraction of sp³-hybridized carbons (Fsp3) is 0. The molecule has 2 aromatic heterocycles. The van der Waals surface area contributed by atoms with E-state index in [1.54, 1.807) is 11.3 Å². The topological polar surface area (TPSA) is 38.7 Å². The predicted octanol–water partition coefficient (Wildman–Crippen LogP) is 7.38. The Hall–Kier alpha value is -3.34. The molecule has 0 unspecified atom stereocenters. The highest BCUT2D eigenvalue weighted by atomic mass is 35.5. The maximum absolute atomic E-state index is 6.35. The zero-order valence-corrected chi connectivity index (χ0v) is 17.3. The van der Waals surface area contributed by atoms with Crippen LogP contribution in [0.2, 0.25) is 5.28 Å². The molecule has 0 saturated heterocycles. The normalized spacial score (nSPS) is 11.5. The average molecular weight is 424 g/mol. The van der Waals surface area contributed by atoms with Crippen molar-refractivity contribution in [1.29, 1.82) is 0 Å². The number of rotatable bonds is 2. The van der Waals surface area contributed by atoms with Crippen molar-refractivity contribution >= 4 is 53.9 Å². The first-order valence-corrected chi connectivity index (χ1v) is 10.8. The van der Waals surface area contributed by atoms with Gasteiger partial charge in [-0.1, -0.05) is 66.7 Å². The van der Waals surface area contributed by atoms with Gasteiger partial charge in [0.15, 0.2) is 11.6 Å². The van der Waals surface area contributed by atoms with Crippen LogP contribution in [-0.2, 0) is 0 Å². The molecule has 0 atom stereocenters. The highest BCUT2D eigenvalue weighted by Crippen LogP contribution is 2.39. The van der Waals surface area contributed by atoms with E-state index < -0.39 is 0 Å². The first kappa shape index (κ1) is 17.5. The summed E-state index contributed by atoms with van der Waals surface area (Å²) in [5.41, 5.74) is 1.89. The summed E-state index contributed by atoms with van der Waals surface area (Å²) in [4.78, 5) is 13.7. The Balaban J connectivity index is 1.58. The smallest absolute Gasteiger partial charge is 0.208 e. The van der Waals surface area contributed by atoms with Crippen molar-refractivity contribution in [1.82, 2.24) is 15.0 Å². The number of fused-ring (bicyclic) bond motifs is 4. The second-order valence-electron chi connectivity index (χ2n) is 7.09. The average Bonchev–Trinajstić information content (AvgIpc) is 3.17. The molecule has 0 amide bonds. The summed E-state index contributed by atoms with van der Waals surface area (Å²) in [5.74, 6) is 1.17. The molecule has 0 saturated carbocycles. The van der Waals surface area contributed by atoms with Crippen molar-refractivity contribution < 1.29 is 0 Å². The molecule has 3 nitrogen and oxygen atoms in total. The maximum atomic E-state index is 6.35. The molecule has 2 heterocycles. The molecule has 0 bridgehead atoms. The third-order valence-electron chi connectivity index (χ3n) is 5.26. The Kier molecular flexibility index (Phi) is 4.01. The van der Waals surface area contributed by atoms with Gasteiger partial charge in [0.05, 0.1) is 0 Å². The fourth-order valence-electron chi connectivity index (χ4n) is 3.89. The first-order valence-electron chi connectivity index (χ1n) is 9.58. The number of hydrogen-bond acceptors (Lipinski definition) is 4. The lowest BCUT2D eigenvalue weighted by Gasteiger charge is -2.07. The van der Waals surface area contributed by atoms with Gasteiger partial charge in [0, 0.05) is 31.3 Å². The van der Waals surface area contributed by atoms with Gasteiger partial charge in [-0.15, -0.1) is 11.3 Å². The SMILES string of the molecule is Clc1nc(-c2ccc3ccccc3c2)nc(-c2cccc3sc4ccccc4c23)n1.